The molecule has 0 amide bonds. The number of likely N-dealkylation sites (tertiary alicyclic amines) is 1. The monoisotopic (exact) mass is 609 g/mol. The molecule has 3 atom stereocenters. The Hall–Kier alpha value is -3.56. The minimum absolute atomic E-state index is 0.0446. The number of ether oxygens (including phenoxy) is 3. The SMILES string of the molecule is Cc1c(F)c(N)cc(-c2nc3c4c(nc(OCC56COC(CN5C)C6)nc4c2F)NCCNCC[C@H](C)O3)c1C(F)(F)F. The van der Waals surface area contributed by atoms with Gasteiger partial charge in [-0.1, -0.05) is 0 Å². The molecule has 3 aromatic rings. The Kier molecular flexibility index (Phi) is 7.45. The molecule has 10 nitrogen and oxygen atoms in total. The zero-order valence-electron chi connectivity index (χ0n) is 23.9. The molecule has 2 bridgehead atoms. The normalized spacial score (nSPS) is 24.5. The highest BCUT2D eigenvalue weighted by Gasteiger charge is 2.51. The van der Waals surface area contributed by atoms with Gasteiger partial charge in [-0.25, -0.2) is 13.8 Å². The van der Waals surface area contributed by atoms with Crippen LogP contribution in [-0.2, 0) is 10.9 Å². The number of pyridine rings is 1. The first kappa shape index (κ1) is 29.5. The van der Waals surface area contributed by atoms with Crippen LogP contribution in [0.1, 0.15) is 30.9 Å². The maximum Gasteiger partial charge on any atom is 0.417 e. The number of hydrogen-bond donors (Lipinski definition) is 3. The van der Waals surface area contributed by atoms with E-state index in [1.165, 1.54) is 0 Å². The predicted octanol–water partition coefficient (Wildman–Crippen LogP) is 3.90. The van der Waals surface area contributed by atoms with Crippen LogP contribution in [0.2, 0.25) is 0 Å². The van der Waals surface area contributed by atoms with Crippen molar-refractivity contribution in [3.63, 3.8) is 0 Å². The van der Waals surface area contributed by atoms with Crippen molar-refractivity contribution in [2.24, 2.45) is 0 Å². The lowest BCUT2D eigenvalue weighted by atomic mass is 9.96. The van der Waals surface area contributed by atoms with Gasteiger partial charge in [0.15, 0.2) is 5.82 Å². The number of benzene rings is 1. The molecule has 2 aromatic heterocycles. The Balaban J connectivity index is 1.55. The molecule has 5 heterocycles. The number of nitrogens with two attached hydrogens (primary N) is 1. The van der Waals surface area contributed by atoms with Crippen LogP contribution in [0.15, 0.2) is 6.07 Å². The summed E-state index contributed by atoms with van der Waals surface area (Å²) in [5.41, 5.74) is 0.736. The number of alkyl halides is 3. The lowest BCUT2D eigenvalue weighted by Crippen LogP contribution is -2.50. The average molecular weight is 610 g/mol. The fourth-order valence-corrected chi connectivity index (χ4v) is 6.00. The quantitative estimate of drug-likeness (QED) is 0.297. The lowest BCUT2D eigenvalue weighted by molar-refractivity contribution is -0.137. The van der Waals surface area contributed by atoms with Gasteiger partial charge in [-0.05, 0) is 51.9 Å². The second kappa shape index (κ2) is 10.9. The maximum atomic E-state index is 16.5. The summed E-state index contributed by atoms with van der Waals surface area (Å²) in [7, 11) is 1.96. The molecular formula is C28H32F5N7O3. The molecule has 43 heavy (non-hydrogen) atoms. The van der Waals surface area contributed by atoms with E-state index in [-0.39, 0.29) is 41.3 Å². The number of anilines is 2. The summed E-state index contributed by atoms with van der Waals surface area (Å²) in [6.07, 6.45) is -4.14. The topological polar surface area (TPSA) is 120 Å². The largest absolute Gasteiger partial charge is 0.474 e. The van der Waals surface area contributed by atoms with Crippen molar-refractivity contribution in [3.8, 4) is 23.1 Å². The van der Waals surface area contributed by atoms with E-state index in [4.69, 9.17) is 19.9 Å². The molecule has 2 saturated heterocycles. The summed E-state index contributed by atoms with van der Waals surface area (Å²) < 4.78 is 91.8. The van der Waals surface area contributed by atoms with E-state index in [0.29, 0.717) is 32.7 Å². The van der Waals surface area contributed by atoms with Crippen LogP contribution in [0, 0.1) is 18.6 Å². The molecule has 0 saturated carbocycles. The minimum atomic E-state index is -5.05. The van der Waals surface area contributed by atoms with Gasteiger partial charge in [0.2, 0.25) is 5.88 Å². The number of halogens is 5. The first-order chi connectivity index (χ1) is 20.4. The van der Waals surface area contributed by atoms with Crippen molar-refractivity contribution in [1.29, 1.82) is 0 Å². The Morgan fingerprint density at radius 1 is 1.16 bits per heavy atom. The molecule has 0 spiro atoms. The van der Waals surface area contributed by atoms with E-state index in [2.05, 4.69) is 30.5 Å². The molecule has 232 valence electrons. The zero-order valence-corrected chi connectivity index (χ0v) is 23.9. The Morgan fingerprint density at radius 3 is 2.65 bits per heavy atom. The number of fused-ring (bicyclic) bond motifs is 2. The molecule has 15 heteroatoms. The molecule has 2 unspecified atom stereocenters. The highest BCUT2D eigenvalue weighted by Crippen LogP contribution is 2.45. The smallest absolute Gasteiger partial charge is 0.417 e. The number of rotatable bonds is 4. The number of nitrogens with zero attached hydrogens (tertiary/aromatic N) is 4. The molecule has 6 rings (SSSR count). The third-order valence-electron chi connectivity index (χ3n) is 8.38. The van der Waals surface area contributed by atoms with Gasteiger partial charge in [-0.3, -0.25) is 4.90 Å². The van der Waals surface area contributed by atoms with E-state index < -0.39 is 57.5 Å². The standard InChI is InChI=1S/C28H32F5N7O3/c1-13-4-5-35-6-7-36-24-18-23(38-26(39-24)42-12-27-9-15(41-11-27)10-40(27)3)21(30)22(37-25(18)43-13)16-8-17(34)20(29)14(2)19(16)28(31,32)33/h8,13,15,35H,4-7,9-12,34H2,1-3H3,(H,36,38,39)/t13-,15?,27?/m0/s1. The minimum Gasteiger partial charge on any atom is -0.474 e. The molecule has 3 aliphatic heterocycles. The highest BCUT2D eigenvalue weighted by molar-refractivity contribution is 5.96. The summed E-state index contributed by atoms with van der Waals surface area (Å²) in [5.74, 6) is -2.46. The molecule has 0 radical (unpaired) electrons. The molecule has 2 fully saturated rings. The predicted molar refractivity (Wildman–Crippen MR) is 148 cm³/mol. The Bertz CT molecular complexity index is 1570. The van der Waals surface area contributed by atoms with Gasteiger partial charge >= 0.3 is 12.2 Å². The van der Waals surface area contributed by atoms with E-state index in [1.807, 2.05) is 7.05 Å². The molecule has 3 aliphatic rings. The number of likely N-dealkylation sites (N-methyl/N-ethyl adjacent to an activating group) is 1. The number of aromatic nitrogens is 3. The fraction of sp³-hybridized carbons (Fsp3) is 0.536. The third kappa shape index (κ3) is 5.27. The first-order valence-corrected chi connectivity index (χ1v) is 14.0. The number of nitrogens with one attached hydrogen (secondary N) is 2. The summed E-state index contributed by atoms with van der Waals surface area (Å²) in [4.78, 5) is 15.2. The zero-order chi connectivity index (χ0) is 30.7. The lowest BCUT2D eigenvalue weighted by Gasteiger charge is -2.34. The first-order valence-electron chi connectivity index (χ1n) is 14.0. The molecule has 4 N–H and O–H groups in total. The average Bonchev–Trinajstić information content (AvgIpc) is 3.49. The van der Waals surface area contributed by atoms with Crippen LogP contribution in [-0.4, -0.2) is 84.0 Å². The maximum absolute atomic E-state index is 16.5. The van der Waals surface area contributed by atoms with E-state index >= 15 is 4.39 Å². The van der Waals surface area contributed by atoms with Crippen molar-refractivity contribution in [2.45, 2.75) is 50.6 Å². The number of morpholine rings is 1. The Morgan fingerprint density at radius 2 is 1.95 bits per heavy atom. The summed E-state index contributed by atoms with van der Waals surface area (Å²) in [6.45, 7) is 5.56. The summed E-state index contributed by atoms with van der Waals surface area (Å²) >= 11 is 0. The summed E-state index contributed by atoms with van der Waals surface area (Å²) in [5, 5.41) is 6.43. The van der Waals surface area contributed by atoms with Gasteiger partial charge in [-0.2, -0.15) is 23.1 Å². The van der Waals surface area contributed by atoms with Gasteiger partial charge in [0.1, 0.15) is 34.8 Å². The molecule has 0 aliphatic carbocycles. The Labute approximate surface area is 244 Å². The summed E-state index contributed by atoms with van der Waals surface area (Å²) in [6, 6.07) is 0.550. The van der Waals surface area contributed by atoms with Crippen molar-refractivity contribution < 1.29 is 36.2 Å². The number of nitrogen functional groups attached to an aromatic ring is 1. The van der Waals surface area contributed by atoms with Gasteiger partial charge in [0.05, 0.1) is 35.6 Å². The van der Waals surface area contributed by atoms with Crippen LogP contribution < -0.4 is 25.8 Å². The van der Waals surface area contributed by atoms with Crippen LogP contribution in [0.4, 0.5) is 33.5 Å². The van der Waals surface area contributed by atoms with Crippen molar-refractivity contribution in [2.75, 3.05) is 57.5 Å². The van der Waals surface area contributed by atoms with Crippen LogP contribution in [0.3, 0.4) is 0 Å². The molecule has 1 aromatic carbocycles. The van der Waals surface area contributed by atoms with Crippen LogP contribution in [0.25, 0.3) is 22.2 Å². The van der Waals surface area contributed by atoms with Crippen molar-refractivity contribution in [1.82, 2.24) is 25.2 Å². The third-order valence-corrected chi connectivity index (χ3v) is 8.38. The van der Waals surface area contributed by atoms with Gasteiger partial charge in [-0.15, -0.1) is 0 Å². The second-order valence-electron chi connectivity index (χ2n) is 11.4. The van der Waals surface area contributed by atoms with Crippen LogP contribution in [0.5, 0.6) is 11.9 Å². The fourth-order valence-electron chi connectivity index (χ4n) is 6.00. The van der Waals surface area contributed by atoms with Gasteiger partial charge in [0.25, 0.3) is 0 Å². The van der Waals surface area contributed by atoms with Gasteiger partial charge in [0, 0.05) is 25.2 Å². The van der Waals surface area contributed by atoms with E-state index in [0.717, 1.165) is 26.0 Å². The molecular weight excluding hydrogens is 577 g/mol. The number of hydrogen-bond acceptors (Lipinski definition) is 10. The van der Waals surface area contributed by atoms with Crippen molar-refractivity contribution >= 4 is 22.4 Å². The van der Waals surface area contributed by atoms with Gasteiger partial charge < -0.3 is 30.6 Å². The highest BCUT2D eigenvalue weighted by atomic mass is 19.4. The second-order valence-corrected chi connectivity index (χ2v) is 11.4. The van der Waals surface area contributed by atoms with Crippen molar-refractivity contribution in [3.05, 3.63) is 28.8 Å². The van der Waals surface area contributed by atoms with E-state index in [1.54, 1.807) is 6.92 Å². The van der Waals surface area contributed by atoms with Crippen LogP contribution >= 0.6 is 0 Å². The van der Waals surface area contributed by atoms with E-state index in [9.17, 15) is 17.6 Å².